The molecule has 4 nitrogen and oxygen atoms in total. The zero-order valence-corrected chi connectivity index (χ0v) is 23.6. The summed E-state index contributed by atoms with van der Waals surface area (Å²) in [6.45, 7) is 5.54. The first-order valence-electron chi connectivity index (χ1n) is 12.6. The number of ether oxygens (including phenoxy) is 2. The monoisotopic (exact) mass is 526 g/mol. The molecule has 0 N–H and O–H groups in total. The molecule has 0 radical (unpaired) electrons. The van der Waals surface area contributed by atoms with Gasteiger partial charge in [-0.15, -0.1) is 12.4 Å². The first-order valence-corrected chi connectivity index (χ1v) is 12.6. The Bertz CT molecular complexity index is 1460. The molecule has 0 bridgehead atoms. The van der Waals surface area contributed by atoms with Crippen molar-refractivity contribution in [3.63, 3.8) is 0 Å². The Labute approximate surface area is 232 Å². The van der Waals surface area contributed by atoms with E-state index in [1.54, 1.807) is 14.2 Å². The lowest BCUT2D eigenvalue weighted by Crippen LogP contribution is -2.30. The summed E-state index contributed by atoms with van der Waals surface area (Å²) in [5.74, 6) is 8.01. The molecule has 4 rings (SSSR count). The standard InChI is InChI=1S/C33H34N2O2.ClH/c1-24(2)33(23-34,27-16-17-31(36-4)32(21-27)37-5)18-10-11-19-35(3)22-30-28-14-8-6-12-25(28)20-26-13-7-9-15-29(26)30;/h6-9,12-17,20-21,24H,18-19,22H2,1-5H3;1H. The average molecular weight is 527 g/mol. The summed E-state index contributed by atoms with van der Waals surface area (Å²) in [4.78, 5) is 2.24. The van der Waals surface area contributed by atoms with Gasteiger partial charge in [0.15, 0.2) is 11.5 Å². The van der Waals surface area contributed by atoms with Crippen LogP contribution >= 0.6 is 12.4 Å². The van der Waals surface area contributed by atoms with Crippen LogP contribution in [0.1, 0.15) is 31.4 Å². The van der Waals surface area contributed by atoms with Gasteiger partial charge >= 0.3 is 0 Å². The van der Waals surface area contributed by atoms with E-state index in [4.69, 9.17) is 9.47 Å². The van der Waals surface area contributed by atoms with Crippen molar-refractivity contribution in [1.82, 2.24) is 4.90 Å². The lowest BCUT2D eigenvalue weighted by Gasteiger charge is -2.30. The highest BCUT2D eigenvalue weighted by atomic mass is 35.5. The van der Waals surface area contributed by atoms with E-state index in [1.807, 2.05) is 18.2 Å². The number of benzene rings is 4. The van der Waals surface area contributed by atoms with Crippen molar-refractivity contribution >= 4 is 34.0 Å². The van der Waals surface area contributed by atoms with Crippen LogP contribution in [0.4, 0.5) is 0 Å². The van der Waals surface area contributed by atoms with Crippen LogP contribution in [-0.2, 0) is 12.0 Å². The van der Waals surface area contributed by atoms with Gasteiger partial charge in [0, 0.05) is 13.0 Å². The van der Waals surface area contributed by atoms with Crippen LogP contribution in [0.15, 0.2) is 72.8 Å². The highest BCUT2D eigenvalue weighted by Crippen LogP contribution is 2.39. The van der Waals surface area contributed by atoms with Crippen LogP contribution in [-0.4, -0.2) is 32.7 Å². The average Bonchev–Trinajstić information content (AvgIpc) is 2.92. The smallest absolute Gasteiger partial charge is 0.161 e. The van der Waals surface area contributed by atoms with Gasteiger partial charge in [-0.3, -0.25) is 4.90 Å². The number of nitrogens with zero attached hydrogens (tertiary/aromatic N) is 2. The maximum Gasteiger partial charge on any atom is 0.161 e. The van der Waals surface area contributed by atoms with Crippen molar-refractivity contribution < 1.29 is 9.47 Å². The van der Waals surface area contributed by atoms with Gasteiger partial charge in [0.1, 0.15) is 0 Å². The largest absolute Gasteiger partial charge is 0.493 e. The van der Waals surface area contributed by atoms with Gasteiger partial charge < -0.3 is 9.47 Å². The lowest BCUT2D eigenvalue weighted by atomic mass is 9.70. The van der Waals surface area contributed by atoms with E-state index in [9.17, 15) is 5.26 Å². The third-order valence-electron chi connectivity index (χ3n) is 7.24. The second-order valence-corrected chi connectivity index (χ2v) is 9.81. The predicted octanol–water partition coefficient (Wildman–Crippen LogP) is 7.37. The van der Waals surface area contributed by atoms with Gasteiger partial charge in [-0.2, -0.15) is 5.26 Å². The van der Waals surface area contributed by atoms with E-state index < -0.39 is 5.41 Å². The zero-order valence-electron chi connectivity index (χ0n) is 22.7. The number of hydrogen-bond acceptors (Lipinski definition) is 4. The molecule has 0 saturated heterocycles. The summed E-state index contributed by atoms with van der Waals surface area (Å²) in [7, 11) is 5.32. The van der Waals surface area contributed by atoms with Crippen molar-refractivity contribution in [2.75, 3.05) is 27.8 Å². The maximum atomic E-state index is 10.3. The van der Waals surface area contributed by atoms with E-state index in [0.717, 1.165) is 12.1 Å². The number of fused-ring (bicyclic) bond motifs is 2. The second-order valence-electron chi connectivity index (χ2n) is 9.81. The summed E-state index contributed by atoms with van der Waals surface area (Å²) in [6.07, 6.45) is 0.446. The fourth-order valence-corrected chi connectivity index (χ4v) is 4.98. The summed E-state index contributed by atoms with van der Waals surface area (Å²) in [6, 6.07) is 27.7. The van der Waals surface area contributed by atoms with Gasteiger partial charge in [0.05, 0.1) is 32.2 Å². The molecule has 196 valence electrons. The van der Waals surface area contributed by atoms with Crippen molar-refractivity contribution in [2.24, 2.45) is 5.92 Å². The number of hydrogen-bond donors (Lipinski definition) is 0. The molecule has 5 heteroatoms. The summed E-state index contributed by atoms with van der Waals surface area (Å²) >= 11 is 0. The van der Waals surface area contributed by atoms with Crippen molar-refractivity contribution in [1.29, 1.82) is 5.26 Å². The number of rotatable bonds is 8. The molecular weight excluding hydrogens is 492 g/mol. The van der Waals surface area contributed by atoms with Gasteiger partial charge in [-0.1, -0.05) is 80.3 Å². The fraction of sp³-hybridized carbons (Fsp3) is 0.303. The van der Waals surface area contributed by atoms with E-state index in [-0.39, 0.29) is 18.3 Å². The van der Waals surface area contributed by atoms with Gasteiger partial charge in [-0.25, -0.2) is 0 Å². The van der Waals surface area contributed by atoms with Gasteiger partial charge in [0.2, 0.25) is 0 Å². The van der Waals surface area contributed by atoms with Crippen molar-refractivity contribution in [3.05, 3.63) is 83.9 Å². The van der Waals surface area contributed by atoms with Crippen LogP contribution in [0.3, 0.4) is 0 Å². The molecule has 0 fully saturated rings. The Morgan fingerprint density at radius 1 is 0.842 bits per heavy atom. The van der Waals surface area contributed by atoms with Crippen LogP contribution in [0.2, 0.25) is 0 Å². The molecule has 1 atom stereocenters. The molecule has 0 amide bonds. The Balaban J connectivity index is 0.00000400. The molecular formula is C33H35ClN2O2. The number of halogens is 1. The number of methoxy groups -OCH3 is 2. The van der Waals surface area contributed by atoms with E-state index in [2.05, 4.69) is 98.3 Å². The maximum absolute atomic E-state index is 10.3. The Morgan fingerprint density at radius 3 is 2.00 bits per heavy atom. The molecule has 0 saturated carbocycles. The third-order valence-corrected chi connectivity index (χ3v) is 7.24. The molecule has 4 aromatic rings. The minimum atomic E-state index is -0.739. The molecule has 0 heterocycles. The topological polar surface area (TPSA) is 45.5 Å². The van der Waals surface area contributed by atoms with Crippen LogP contribution < -0.4 is 9.47 Å². The first kappa shape index (κ1) is 28.9. The van der Waals surface area contributed by atoms with Crippen molar-refractivity contribution in [3.8, 4) is 29.4 Å². The summed E-state index contributed by atoms with van der Waals surface area (Å²) in [5, 5.41) is 15.3. The lowest BCUT2D eigenvalue weighted by molar-refractivity contribution is 0.350. The Morgan fingerprint density at radius 2 is 1.45 bits per heavy atom. The van der Waals surface area contributed by atoms with E-state index >= 15 is 0 Å². The SMILES string of the molecule is COc1ccc(C(C#N)(CC#CCN(C)Cc2c3ccccc3cc3ccccc23)C(C)C)cc1OC.Cl. The van der Waals surface area contributed by atoms with E-state index in [1.165, 1.54) is 27.1 Å². The Hall–Kier alpha value is -3.70. The quantitative estimate of drug-likeness (QED) is 0.177. The molecule has 0 aliphatic rings. The fourth-order valence-electron chi connectivity index (χ4n) is 4.98. The van der Waals surface area contributed by atoms with E-state index in [0.29, 0.717) is 24.5 Å². The zero-order chi connectivity index (χ0) is 26.4. The highest BCUT2D eigenvalue weighted by molar-refractivity contribution is 6.02. The highest BCUT2D eigenvalue weighted by Gasteiger charge is 2.36. The van der Waals surface area contributed by atoms with Crippen LogP contribution in [0.5, 0.6) is 11.5 Å². The predicted molar refractivity (Wildman–Crippen MR) is 159 cm³/mol. The first-order chi connectivity index (χ1) is 17.9. The molecule has 0 aliphatic heterocycles. The van der Waals surface area contributed by atoms with Crippen LogP contribution in [0.25, 0.3) is 21.5 Å². The Kier molecular flexibility index (Phi) is 9.65. The minimum Gasteiger partial charge on any atom is -0.493 e. The third kappa shape index (κ3) is 5.73. The van der Waals surface area contributed by atoms with Gasteiger partial charge in [0.25, 0.3) is 0 Å². The normalized spacial score (nSPS) is 12.4. The molecule has 0 aliphatic carbocycles. The van der Waals surface area contributed by atoms with Crippen LogP contribution in [0, 0.1) is 29.1 Å². The van der Waals surface area contributed by atoms with Gasteiger partial charge in [-0.05, 0) is 63.8 Å². The molecule has 0 spiro atoms. The minimum absolute atomic E-state index is 0. The molecule has 0 aromatic heterocycles. The summed E-state index contributed by atoms with van der Waals surface area (Å²) in [5.41, 5.74) is 1.47. The molecule has 38 heavy (non-hydrogen) atoms. The number of nitriles is 1. The second kappa shape index (κ2) is 12.7. The molecule has 1 unspecified atom stereocenters. The summed E-state index contributed by atoms with van der Waals surface area (Å²) < 4.78 is 10.9. The van der Waals surface area contributed by atoms with Crippen molar-refractivity contribution in [2.45, 2.75) is 32.2 Å². The molecule has 4 aromatic carbocycles.